The molecule has 1 atom stereocenters. The van der Waals surface area contributed by atoms with Gasteiger partial charge in [0.2, 0.25) is 0 Å². The number of hydrogen-bond donors (Lipinski definition) is 2. The zero-order chi connectivity index (χ0) is 14.5. The summed E-state index contributed by atoms with van der Waals surface area (Å²) in [5.74, 6) is -0.922. The normalized spacial score (nSPS) is 16.6. The molecule has 1 aliphatic rings. The van der Waals surface area contributed by atoms with Crippen molar-refractivity contribution in [1.29, 1.82) is 0 Å². The van der Waals surface area contributed by atoms with E-state index in [0.29, 0.717) is 0 Å². The summed E-state index contributed by atoms with van der Waals surface area (Å²) >= 11 is 0. The molecule has 3 heteroatoms. The standard InChI is InChI=1S/C17H16O3/c1-17(2,16(19)20)15-13-6-4-3-5-11(13)12-8-7-10(18)9-14(12)15/h3-9,15,18H,1-2H3,(H,19,20). The Labute approximate surface area is 117 Å². The van der Waals surface area contributed by atoms with Crippen LogP contribution in [0, 0.1) is 5.41 Å². The first-order valence-electron chi connectivity index (χ1n) is 6.58. The molecule has 0 radical (unpaired) electrons. The second-order valence-corrected chi connectivity index (χ2v) is 5.82. The molecule has 1 aliphatic carbocycles. The molecular weight excluding hydrogens is 252 g/mol. The van der Waals surface area contributed by atoms with Crippen LogP contribution in [0.15, 0.2) is 42.5 Å². The van der Waals surface area contributed by atoms with Crippen molar-refractivity contribution in [2.45, 2.75) is 19.8 Å². The second kappa shape index (κ2) is 4.10. The van der Waals surface area contributed by atoms with E-state index in [0.717, 1.165) is 22.3 Å². The minimum atomic E-state index is -0.935. The maximum absolute atomic E-state index is 11.7. The molecule has 3 rings (SSSR count). The van der Waals surface area contributed by atoms with E-state index in [9.17, 15) is 15.0 Å². The van der Waals surface area contributed by atoms with Gasteiger partial charge in [0, 0.05) is 5.92 Å². The van der Waals surface area contributed by atoms with Crippen LogP contribution in [0.1, 0.15) is 30.9 Å². The third-order valence-electron chi connectivity index (χ3n) is 4.18. The van der Waals surface area contributed by atoms with Crippen molar-refractivity contribution in [3.05, 3.63) is 53.6 Å². The summed E-state index contributed by atoms with van der Waals surface area (Å²) in [7, 11) is 0. The summed E-state index contributed by atoms with van der Waals surface area (Å²) < 4.78 is 0. The highest BCUT2D eigenvalue weighted by molar-refractivity contribution is 5.85. The highest BCUT2D eigenvalue weighted by atomic mass is 16.4. The molecule has 0 heterocycles. The fourth-order valence-corrected chi connectivity index (χ4v) is 3.10. The van der Waals surface area contributed by atoms with E-state index >= 15 is 0 Å². The maximum atomic E-state index is 11.7. The Balaban J connectivity index is 2.31. The van der Waals surface area contributed by atoms with Crippen molar-refractivity contribution in [2.75, 3.05) is 0 Å². The van der Waals surface area contributed by atoms with Crippen molar-refractivity contribution in [3.63, 3.8) is 0 Å². The molecule has 0 fully saturated rings. The van der Waals surface area contributed by atoms with E-state index in [-0.39, 0.29) is 11.7 Å². The average molecular weight is 268 g/mol. The van der Waals surface area contributed by atoms with Gasteiger partial charge in [-0.1, -0.05) is 30.3 Å². The Morgan fingerprint density at radius 3 is 2.40 bits per heavy atom. The number of fused-ring (bicyclic) bond motifs is 3. The van der Waals surface area contributed by atoms with Crippen LogP contribution in [0.25, 0.3) is 11.1 Å². The molecule has 0 saturated heterocycles. The minimum absolute atomic E-state index is 0.169. The minimum Gasteiger partial charge on any atom is -0.508 e. The van der Waals surface area contributed by atoms with E-state index in [1.165, 1.54) is 0 Å². The first kappa shape index (κ1) is 12.7. The largest absolute Gasteiger partial charge is 0.508 e. The Morgan fingerprint density at radius 1 is 1.05 bits per heavy atom. The van der Waals surface area contributed by atoms with Gasteiger partial charge in [0.05, 0.1) is 5.41 Å². The van der Waals surface area contributed by atoms with Gasteiger partial charge < -0.3 is 10.2 Å². The molecule has 1 unspecified atom stereocenters. The summed E-state index contributed by atoms with van der Waals surface area (Å²) in [6.45, 7) is 3.46. The van der Waals surface area contributed by atoms with E-state index in [2.05, 4.69) is 0 Å². The first-order valence-corrected chi connectivity index (χ1v) is 6.58. The number of aromatic hydroxyl groups is 1. The first-order chi connectivity index (χ1) is 9.43. The van der Waals surface area contributed by atoms with Gasteiger partial charge >= 0.3 is 5.97 Å². The van der Waals surface area contributed by atoms with Gasteiger partial charge in [-0.25, -0.2) is 0 Å². The number of hydrogen-bond acceptors (Lipinski definition) is 2. The number of rotatable bonds is 2. The third-order valence-corrected chi connectivity index (χ3v) is 4.18. The van der Waals surface area contributed by atoms with Crippen molar-refractivity contribution >= 4 is 5.97 Å². The fourth-order valence-electron chi connectivity index (χ4n) is 3.10. The van der Waals surface area contributed by atoms with Crippen LogP contribution >= 0.6 is 0 Å². The quantitative estimate of drug-likeness (QED) is 0.874. The molecule has 0 aliphatic heterocycles. The molecule has 0 spiro atoms. The zero-order valence-electron chi connectivity index (χ0n) is 11.4. The Hall–Kier alpha value is -2.29. The SMILES string of the molecule is CC(C)(C(=O)O)C1c2ccccc2-c2ccc(O)cc21. The number of phenols is 1. The zero-order valence-corrected chi connectivity index (χ0v) is 11.4. The number of carboxylic acid groups (broad SMARTS) is 1. The molecule has 3 nitrogen and oxygen atoms in total. The van der Waals surface area contributed by atoms with Crippen molar-refractivity contribution in [1.82, 2.24) is 0 Å². The monoisotopic (exact) mass is 268 g/mol. The van der Waals surface area contributed by atoms with Crippen LogP contribution in [0.2, 0.25) is 0 Å². The number of benzene rings is 2. The summed E-state index contributed by atoms with van der Waals surface area (Å²) in [6, 6.07) is 13.0. The van der Waals surface area contributed by atoms with E-state index in [1.54, 1.807) is 26.0 Å². The van der Waals surface area contributed by atoms with Crippen LogP contribution in [-0.2, 0) is 4.79 Å². The van der Waals surface area contributed by atoms with Gasteiger partial charge in [-0.3, -0.25) is 4.79 Å². The highest BCUT2D eigenvalue weighted by Crippen LogP contribution is 2.53. The summed E-state index contributed by atoms with van der Waals surface area (Å²) in [6.07, 6.45) is 0. The molecule has 20 heavy (non-hydrogen) atoms. The average Bonchev–Trinajstić information content (AvgIpc) is 2.72. The van der Waals surface area contributed by atoms with Crippen LogP contribution < -0.4 is 0 Å². The number of aliphatic carboxylic acids is 1. The second-order valence-electron chi connectivity index (χ2n) is 5.82. The summed E-state index contributed by atoms with van der Waals surface area (Å²) in [5, 5.41) is 19.3. The molecule has 2 aromatic carbocycles. The Morgan fingerprint density at radius 2 is 1.70 bits per heavy atom. The van der Waals surface area contributed by atoms with E-state index in [1.807, 2.05) is 30.3 Å². The van der Waals surface area contributed by atoms with Crippen LogP contribution in [0.5, 0.6) is 5.75 Å². The fraction of sp³-hybridized carbons (Fsp3) is 0.235. The van der Waals surface area contributed by atoms with Gasteiger partial charge in [0.25, 0.3) is 0 Å². The molecule has 0 amide bonds. The number of carbonyl (C=O) groups is 1. The Kier molecular flexibility index (Phi) is 2.61. The van der Waals surface area contributed by atoms with Crippen LogP contribution in [0.4, 0.5) is 0 Å². The van der Waals surface area contributed by atoms with Crippen molar-refractivity contribution in [2.24, 2.45) is 5.41 Å². The highest BCUT2D eigenvalue weighted by Gasteiger charge is 2.44. The van der Waals surface area contributed by atoms with Gasteiger partial charge in [-0.2, -0.15) is 0 Å². The Bertz CT molecular complexity index is 701. The van der Waals surface area contributed by atoms with Gasteiger partial charge in [0.15, 0.2) is 0 Å². The summed E-state index contributed by atoms with van der Waals surface area (Å²) in [5.41, 5.74) is 3.04. The predicted octanol–water partition coefficient (Wildman–Crippen LogP) is 3.62. The lowest BCUT2D eigenvalue weighted by Crippen LogP contribution is -2.31. The molecule has 102 valence electrons. The lowest BCUT2D eigenvalue weighted by Gasteiger charge is -2.28. The molecule has 0 bridgehead atoms. The molecule has 0 aromatic heterocycles. The lowest BCUT2D eigenvalue weighted by molar-refractivity contribution is -0.147. The van der Waals surface area contributed by atoms with Crippen LogP contribution in [-0.4, -0.2) is 16.2 Å². The summed E-state index contributed by atoms with van der Waals surface area (Å²) in [4.78, 5) is 11.7. The van der Waals surface area contributed by atoms with Crippen LogP contribution in [0.3, 0.4) is 0 Å². The molecule has 0 saturated carbocycles. The van der Waals surface area contributed by atoms with Crippen molar-refractivity contribution in [3.8, 4) is 16.9 Å². The third kappa shape index (κ3) is 1.63. The predicted molar refractivity (Wildman–Crippen MR) is 76.8 cm³/mol. The lowest BCUT2D eigenvalue weighted by atomic mass is 9.73. The number of carboxylic acids is 1. The van der Waals surface area contributed by atoms with E-state index in [4.69, 9.17) is 0 Å². The molecular formula is C17H16O3. The van der Waals surface area contributed by atoms with Gasteiger partial charge in [-0.15, -0.1) is 0 Å². The molecule has 2 aromatic rings. The maximum Gasteiger partial charge on any atom is 0.310 e. The van der Waals surface area contributed by atoms with E-state index < -0.39 is 11.4 Å². The topological polar surface area (TPSA) is 57.5 Å². The molecule has 2 N–H and O–H groups in total. The smallest absolute Gasteiger partial charge is 0.310 e. The van der Waals surface area contributed by atoms with Gasteiger partial charge in [0.1, 0.15) is 5.75 Å². The van der Waals surface area contributed by atoms with Crippen molar-refractivity contribution < 1.29 is 15.0 Å². The number of phenolic OH excluding ortho intramolecular Hbond substituents is 1. The van der Waals surface area contributed by atoms with Gasteiger partial charge in [-0.05, 0) is 48.2 Å².